The number of aliphatic hydroxyl groups is 4. The van der Waals surface area contributed by atoms with Crippen molar-refractivity contribution in [1.82, 2.24) is 4.90 Å². The maximum Gasteiger partial charge on any atom is 0.183 e. The highest BCUT2D eigenvalue weighted by molar-refractivity contribution is 7.86. The zero-order chi connectivity index (χ0) is 15.2. The number of rotatable bonds is 9. The molecule has 0 aliphatic carbocycles. The molecule has 0 aromatic rings. The van der Waals surface area contributed by atoms with E-state index in [0.29, 0.717) is 6.42 Å². The minimum Gasteiger partial charge on any atom is -0.746 e. The van der Waals surface area contributed by atoms with Crippen LogP contribution in [0.15, 0.2) is 0 Å². The minimum atomic E-state index is -5.08. The largest absolute Gasteiger partial charge is 0.746 e. The van der Waals surface area contributed by atoms with E-state index in [4.69, 9.17) is 5.11 Å². The van der Waals surface area contributed by atoms with Crippen molar-refractivity contribution in [3.8, 4) is 0 Å². The molecule has 0 heterocycles. The molecule has 8 nitrogen and oxygen atoms in total. The minimum absolute atomic E-state index is 0.131. The van der Waals surface area contributed by atoms with E-state index in [-0.39, 0.29) is 12.5 Å². The highest BCUT2D eigenvalue weighted by atomic mass is 32.2. The first-order valence-electron chi connectivity index (χ1n) is 5.93. The average Bonchev–Trinajstić information content (AvgIpc) is 2.30. The molecule has 0 amide bonds. The van der Waals surface area contributed by atoms with Gasteiger partial charge in [-0.1, -0.05) is 13.8 Å². The van der Waals surface area contributed by atoms with E-state index < -0.39 is 41.0 Å². The Labute approximate surface area is 113 Å². The second-order valence-electron chi connectivity index (χ2n) is 4.72. The zero-order valence-electron chi connectivity index (χ0n) is 11.0. The van der Waals surface area contributed by atoms with Gasteiger partial charge in [0.15, 0.2) is 5.44 Å². The Balaban J connectivity index is 5.06. The summed E-state index contributed by atoms with van der Waals surface area (Å²) in [5.41, 5.74) is -2.53. The van der Waals surface area contributed by atoms with Gasteiger partial charge in [0.2, 0.25) is 0 Å². The number of nitrogens with zero attached hydrogens (tertiary/aromatic N) is 1. The fourth-order valence-corrected chi connectivity index (χ4v) is 2.27. The Hall–Kier alpha value is -0.290. The van der Waals surface area contributed by atoms with Crippen LogP contribution >= 0.6 is 0 Å². The van der Waals surface area contributed by atoms with Crippen molar-refractivity contribution in [3.63, 3.8) is 0 Å². The Morgan fingerprint density at radius 1 is 1.21 bits per heavy atom. The van der Waals surface area contributed by atoms with Crippen molar-refractivity contribution < 1.29 is 33.4 Å². The van der Waals surface area contributed by atoms with Gasteiger partial charge in [0.1, 0.15) is 16.3 Å². The topological polar surface area (TPSA) is 141 Å². The first-order chi connectivity index (χ1) is 8.65. The van der Waals surface area contributed by atoms with Gasteiger partial charge in [0.25, 0.3) is 0 Å². The van der Waals surface area contributed by atoms with E-state index in [1.54, 1.807) is 0 Å². The van der Waals surface area contributed by atoms with Crippen LogP contribution in [0.2, 0.25) is 0 Å². The lowest BCUT2D eigenvalue weighted by Crippen LogP contribution is -2.53. The molecule has 9 heteroatoms. The first kappa shape index (κ1) is 18.7. The van der Waals surface area contributed by atoms with Gasteiger partial charge < -0.3 is 25.0 Å². The summed E-state index contributed by atoms with van der Waals surface area (Å²) in [5, 5.41) is 37.2. The van der Waals surface area contributed by atoms with E-state index >= 15 is 0 Å². The first-order valence-corrected chi connectivity index (χ1v) is 7.40. The van der Waals surface area contributed by atoms with Crippen LogP contribution in [0.3, 0.4) is 0 Å². The molecule has 0 aromatic heterocycles. The van der Waals surface area contributed by atoms with Gasteiger partial charge in [-0.3, -0.25) is 4.90 Å². The fourth-order valence-electron chi connectivity index (χ4n) is 1.82. The highest BCUT2D eigenvalue weighted by Crippen LogP contribution is 2.16. The third-order valence-corrected chi connectivity index (χ3v) is 3.51. The summed E-state index contributed by atoms with van der Waals surface area (Å²) < 4.78 is 32.1. The summed E-state index contributed by atoms with van der Waals surface area (Å²) in [6.07, 6.45) is -1.59. The van der Waals surface area contributed by atoms with Gasteiger partial charge in [-0.05, 0) is 12.3 Å². The predicted octanol–water partition coefficient (Wildman–Crippen LogP) is -2.13. The summed E-state index contributed by atoms with van der Waals surface area (Å²) in [5.74, 6) is 0.131. The lowest BCUT2D eigenvalue weighted by atomic mass is 10.0. The molecule has 3 unspecified atom stereocenters. The molecule has 0 fully saturated rings. The molecule has 4 N–H and O–H groups in total. The van der Waals surface area contributed by atoms with E-state index in [2.05, 4.69) is 0 Å². The van der Waals surface area contributed by atoms with E-state index in [1.165, 1.54) is 0 Å². The van der Waals surface area contributed by atoms with Crippen molar-refractivity contribution in [1.29, 1.82) is 0 Å². The van der Waals surface area contributed by atoms with Crippen LogP contribution in [-0.4, -0.2) is 75.8 Å². The van der Waals surface area contributed by atoms with Crippen LogP contribution in [0.4, 0.5) is 0 Å². The van der Waals surface area contributed by atoms with Crippen LogP contribution in [0.5, 0.6) is 0 Å². The normalized spacial score (nSPS) is 17.7. The van der Waals surface area contributed by atoms with Gasteiger partial charge in [0, 0.05) is 12.6 Å². The zero-order valence-corrected chi connectivity index (χ0v) is 11.8. The quantitative estimate of drug-likeness (QED) is 0.279. The van der Waals surface area contributed by atoms with Gasteiger partial charge in [0.05, 0.1) is 13.2 Å². The molecule has 0 rings (SSSR count). The summed E-state index contributed by atoms with van der Waals surface area (Å²) in [7, 11) is -5.08. The van der Waals surface area contributed by atoms with E-state index in [9.17, 15) is 28.3 Å². The van der Waals surface area contributed by atoms with Gasteiger partial charge >= 0.3 is 0 Å². The molecular weight excluding hydrogens is 278 g/mol. The Morgan fingerprint density at radius 3 is 2.05 bits per heavy atom. The van der Waals surface area contributed by atoms with Crippen molar-refractivity contribution in [3.05, 3.63) is 0 Å². The maximum atomic E-state index is 10.7. The smallest absolute Gasteiger partial charge is 0.183 e. The van der Waals surface area contributed by atoms with Crippen LogP contribution in [-0.2, 0) is 10.1 Å². The van der Waals surface area contributed by atoms with Crippen molar-refractivity contribution in [2.75, 3.05) is 19.8 Å². The monoisotopic (exact) mass is 300 g/mol. The highest BCUT2D eigenvalue weighted by Gasteiger charge is 2.32. The average molecular weight is 300 g/mol. The lowest BCUT2D eigenvalue weighted by Gasteiger charge is -2.37. The lowest BCUT2D eigenvalue weighted by molar-refractivity contribution is -0.0916. The number of aliphatic hydroxyl groups excluding tert-OH is 4. The molecule has 0 saturated carbocycles. The second-order valence-corrected chi connectivity index (χ2v) is 6.19. The predicted molar refractivity (Wildman–Crippen MR) is 65.8 cm³/mol. The summed E-state index contributed by atoms with van der Waals surface area (Å²) in [6, 6.07) is -0.668. The third-order valence-electron chi connectivity index (χ3n) is 2.67. The Kier molecular flexibility index (Phi) is 7.98. The molecule has 0 bridgehead atoms. The Morgan fingerprint density at radius 2 is 1.74 bits per heavy atom. The molecule has 19 heavy (non-hydrogen) atoms. The fraction of sp³-hybridized carbons (Fsp3) is 1.00. The molecule has 0 radical (unpaired) electrons. The SMILES string of the molecule is CC(C)CC(CO)N(CCO)C(O)C(O)S(=O)(=O)[O-]. The maximum absolute atomic E-state index is 10.7. The second kappa shape index (κ2) is 8.10. The van der Waals surface area contributed by atoms with E-state index in [1.807, 2.05) is 13.8 Å². The standard InChI is InChI=1S/C10H23NO7S/c1-7(2)5-8(6-13)11(3-4-12)9(14)10(15)19(16,17)18/h7-10,12-15H,3-6H2,1-2H3,(H,16,17,18)/p-1. The number of hydrogen-bond acceptors (Lipinski definition) is 8. The molecule has 116 valence electrons. The van der Waals surface area contributed by atoms with Crippen LogP contribution in [0, 0.1) is 5.92 Å². The van der Waals surface area contributed by atoms with Crippen LogP contribution in [0.1, 0.15) is 20.3 Å². The summed E-state index contributed by atoms with van der Waals surface area (Å²) in [6.45, 7) is 2.71. The van der Waals surface area contributed by atoms with Crippen LogP contribution in [0.25, 0.3) is 0 Å². The molecular formula is C10H22NO7S-. The third kappa shape index (κ3) is 6.13. The van der Waals surface area contributed by atoms with Gasteiger partial charge in [-0.15, -0.1) is 0 Å². The number of hydrogen-bond donors (Lipinski definition) is 4. The van der Waals surface area contributed by atoms with Crippen molar-refractivity contribution >= 4 is 10.1 Å². The summed E-state index contributed by atoms with van der Waals surface area (Å²) in [4.78, 5) is 1.01. The Bertz CT molecular complexity index is 346. The molecule has 0 aliphatic heterocycles. The molecule has 0 spiro atoms. The van der Waals surface area contributed by atoms with Gasteiger partial charge in [-0.25, -0.2) is 8.42 Å². The van der Waals surface area contributed by atoms with E-state index in [0.717, 1.165) is 4.90 Å². The van der Waals surface area contributed by atoms with Gasteiger partial charge in [-0.2, -0.15) is 0 Å². The molecule has 0 aromatic carbocycles. The van der Waals surface area contributed by atoms with Crippen LogP contribution < -0.4 is 0 Å². The van der Waals surface area contributed by atoms with Crippen molar-refractivity contribution in [2.24, 2.45) is 5.92 Å². The summed E-state index contributed by atoms with van der Waals surface area (Å²) >= 11 is 0. The molecule has 3 atom stereocenters. The van der Waals surface area contributed by atoms with Crippen molar-refractivity contribution in [2.45, 2.75) is 38.0 Å². The molecule has 0 aliphatic rings. The molecule has 0 saturated heterocycles.